The molecule has 0 spiro atoms. The summed E-state index contributed by atoms with van der Waals surface area (Å²) in [7, 11) is 0. The molecular weight excluding hydrogens is 340 g/mol. The molecule has 1 heterocycles. The van der Waals surface area contributed by atoms with E-state index in [1.54, 1.807) is 42.6 Å². The van der Waals surface area contributed by atoms with Crippen LogP contribution >= 0.6 is 0 Å². The Morgan fingerprint density at radius 1 is 1.11 bits per heavy atom. The molecule has 1 aromatic heterocycles. The van der Waals surface area contributed by atoms with Gasteiger partial charge in [0, 0.05) is 23.0 Å². The van der Waals surface area contributed by atoms with E-state index >= 15 is 0 Å². The molecule has 0 saturated carbocycles. The molecule has 2 aromatic carbocycles. The maximum absolute atomic E-state index is 12.5. The van der Waals surface area contributed by atoms with Gasteiger partial charge in [-0.1, -0.05) is 18.2 Å². The zero-order valence-corrected chi connectivity index (χ0v) is 14.9. The average molecular weight is 360 g/mol. The van der Waals surface area contributed by atoms with Crippen LogP contribution in [0.1, 0.15) is 27.2 Å². The SMILES string of the molecule is Cc1ccc(C(=N)N)cc1NC(=O)c1ccc(OCc2ccccn2)cc1. The topological polar surface area (TPSA) is 101 Å². The van der Waals surface area contributed by atoms with Gasteiger partial charge in [0.05, 0.1) is 5.69 Å². The number of rotatable bonds is 6. The molecule has 0 saturated heterocycles. The third kappa shape index (κ3) is 4.70. The molecule has 6 nitrogen and oxygen atoms in total. The minimum Gasteiger partial charge on any atom is -0.487 e. The first kappa shape index (κ1) is 18.1. The lowest BCUT2D eigenvalue weighted by molar-refractivity contribution is 0.102. The van der Waals surface area contributed by atoms with Crippen LogP contribution in [-0.4, -0.2) is 16.7 Å². The Hall–Kier alpha value is -3.67. The molecule has 0 aliphatic carbocycles. The summed E-state index contributed by atoms with van der Waals surface area (Å²) in [6.45, 7) is 2.25. The van der Waals surface area contributed by atoms with Crippen LogP contribution in [0, 0.1) is 12.3 Å². The van der Waals surface area contributed by atoms with Gasteiger partial charge in [-0.25, -0.2) is 0 Å². The normalized spacial score (nSPS) is 10.3. The van der Waals surface area contributed by atoms with E-state index in [9.17, 15) is 4.79 Å². The van der Waals surface area contributed by atoms with Gasteiger partial charge < -0.3 is 15.8 Å². The molecule has 0 bridgehead atoms. The molecule has 0 unspecified atom stereocenters. The van der Waals surface area contributed by atoms with E-state index in [1.165, 1.54) is 0 Å². The van der Waals surface area contributed by atoms with E-state index in [-0.39, 0.29) is 11.7 Å². The van der Waals surface area contributed by atoms with Crippen LogP contribution in [0.2, 0.25) is 0 Å². The Morgan fingerprint density at radius 2 is 1.85 bits per heavy atom. The Bertz CT molecular complexity index is 954. The monoisotopic (exact) mass is 360 g/mol. The van der Waals surface area contributed by atoms with Gasteiger partial charge in [-0.3, -0.25) is 15.2 Å². The number of aryl methyl sites for hydroxylation is 1. The number of anilines is 1. The van der Waals surface area contributed by atoms with Crippen molar-refractivity contribution in [3.8, 4) is 5.75 Å². The van der Waals surface area contributed by atoms with Gasteiger partial charge in [0.25, 0.3) is 5.91 Å². The molecule has 0 atom stereocenters. The standard InChI is InChI=1S/C21H20N4O2/c1-14-5-6-16(20(22)23)12-19(14)25-21(26)15-7-9-18(10-8-15)27-13-17-4-2-3-11-24-17/h2-12H,13H2,1H3,(H3,22,23)(H,25,26). The van der Waals surface area contributed by atoms with Gasteiger partial charge in [-0.15, -0.1) is 0 Å². The summed E-state index contributed by atoms with van der Waals surface area (Å²) in [6.07, 6.45) is 1.72. The van der Waals surface area contributed by atoms with Gasteiger partial charge in [0.15, 0.2) is 0 Å². The molecule has 0 aliphatic rings. The highest BCUT2D eigenvalue weighted by atomic mass is 16.5. The first-order valence-corrected chi connectivity index (χ1v) is 8.42. The van der Waals surface area contributed by atoms with E-state index < -0.39 is 0 Å². The second kappa shape index (κ2) is 8.14. The number of pyridine rings is 1. The van der Waals surface area contributed by atoms with Crippen LogP contribution in [0.25, 0.3) is 0 Å². The van der Waals surface area contributed by atoms with Crippen molar-refractivity contribution in [2.45, 2.75) is 13.5 Å². The number of nitrogen functional groups attached to an aromatic ring is 1. The molecule has 4 N–H and O–H groups in total. The summed E-state index contributed by atoms with van der Waals surface area (Å²) in [5.41, 5.74) is 8.94. The van der Waals surface area contributed by atoms with E-state index in [2.05, 4.69) is 10.3 Å². The number of hydrogen-bond donors (Lipinski definition) is 3. The summed E-state index contributed by atoms with van der Waals surface area (Å²) in [4.78, 5) is 16.7. The highest BCUT2D eigenvalue weighted by Crippen LogP contribution is 2.19. The molecule has 27 heavy (non-hydrogen) atoms. The van der Waals surface area contributed by atoms with Crippen LogP contribution < -0.4 is 15.8 Å². The Labute approximate surface area is 157 Å². The lowest BCUT2D eigenvalue weighted by Gasteiger charge is -2.11. The van der Waals surface area contributed by atoms with Crippen LogP contribution in [0.15, 0.2) is 66.9 Å². The van der Waals surface area contributed by atoms with Gasteiger partial charge in [0.2, 0.25) is 0 Å². The van der Waals surface area contributed by atoms with E-state index in [0.29, 0.717) is 29.2 Å². The van der Waals surface area contributed by atoms with Crippen molar-refractivity contribution in [3.05, 3.63) is 89.2 Å². The van der Waals surface area contributed by atoms with E-state index in [1.807, 2.05) is 31.2 Å². The molecular formula is C21H20N4O2. The first-order valence-electron chi connectivity index (χ1n) is 8.42. The third-order valence-corrected chi connectivity index (χ3v) is 4.03. The van der Waals surface area contributed by atoms with Crippen LogP contribution in [0.3, 0.4) is 0 Å². The molecule has 1 amide bonds. The zero-order chi connectivity index (χ0) is 19.2. The zero-order valence-electron chi connectivity index (χ0n) is 14.9. The maximum Gasteiger partial charge on any atom is 0.255 e. The predicted octanol–water partition coefficient (Wildman–Crippen LogP) is 3.51. The number of hydrogen-bond acceptors (Lipinski definition) is 4. The molecule has 0 aliphatic heterocycles. The number of amides is 1. The Morgan fingerprint density at radius 3 is 2.52 bits per heavy atom. The van der Waals surface area contributed by atoms with Crippen molar-refractivity contribution in [3.63, 3.8) is 0 Å². The van der Waals surface area contributed by atoms with Crippen molar-refractivity contribution < 1.29 is 9.53 Å². The fourth-order valence-electron chi connectivity index (χ4n) is 2.46. The summed E-state index contributed by atoms with van der Waals surface area (Å²) >= 11 is 0. The number of nitrogens with two attached hydrogens (primary N) is 1. The maximum atomic E-state index is 12.5. The Balaban J connectivity index is 1.65. The minimum absolute atomic E-state index is 0.0418. The largest absolute Gasteiger partial charge is 0.487 e. The summed E-state index contributed by atoms with van der Waals surface area (Å²) in [6, 6.07) is 17.8. The number of carbonyl (C=O) groups is 1. The van der Waals surface area contributed by atoms with E-state index in [0.717, 1.165) is 11.3 Å². The van der Waals surface area contributed by atoms with Crippen molar-refractivity contribution in [2.75, 3.05) is 5.32 Å². The number of nitrogens with zero attached hydrogens (tertiary/aromatic N) is 1. The quantitative estimate of drug-likeness (QED) is 0.462. The number of benzene rings is 2. The van der Waals surface area contributed by atoms with Crippen molar-refractivity contribution in [1.82, 2.24) is 4.98 Å². The van der Waals surface area contributed by atoms with Gasteiger partial charge in [-0.2, -0.15) is 0 Å². The fourth-order valence-corrected chi connectivity index (χ4v) is 2.46. The summed E-state index contributed by atoms with van der Waals surface area (Å²) in [5, 5.41) is 10.4. The number of carbonyl (C=O) groups excluding carboxylic acids is 1. The summed E-state index contributed by atoms with van der Waals surface area (Å²) < 4.78 is 5.67. The van der Waals surface area contributed by atoms with Gasteiger partial charge in [0.1, 0.15) is 18.2 Å². The van der Waals surface area contributed by atoms with Crippen LogP contribution in [-0.2, 0) is 6.61 Å². The molecule has 136 valence electrons. The highest BCUT2D eigenvalue weighted by Gasteiger charge is 2.09. The van der Waals surface area contributed by atoms with Crippen molar-refractivity contribution in [1.29, 1.82) is 5.41 Å². The molecule has 0 fully saturated rings. The molecule has 0 radical (unpaired) electrons. The average Bonchev–Trinajstić information content (AvgIpc) is 2.69. The number of ether oxygens (including phenoxy) is 1. The van der Waals surface area contributed by atoms with Gasteiger partial charge >= 0.3 is 0 Å². The number of nitrogens with one attached hydrogen (secondary N) is 2. The predicted molar refractivity (Wildman–Crippen MR) is 105 cm³/mol. The smallest absolute Gasteiger partial charge is 0.255 e. The van der Waals surface area contributed by atoms with Crippen LogP contribution in [0.4, 0.5) is 5.69 Å². The summed E-state index contributed by atoms with van der Waals surface area (Å²) in [5.74, 6) is 0.377. The lowest BCUT2D eigenvalue weighted by Crippen LogP contribution is -2.15. The lowest BCUT2D eigenvalue weighted by atomic mass is 10.1. The number of amidine groups is 1. The minimum atomic E-state index is -0.241. The first-order chi connectivity index (χ1) is 13.0. The molecule has 3 rings (SSSR count). The third-order valence-electron chi connectivity index (χ3n) is 4.03. The van der Waals surface area contributed by atoms with Gasteiger partial charge in [-0.05, 0) is 55.0 Å². The fraction of sp³-hybridized carbons (Fsp3) is 0.0952. The van der Waals surface area contributed by atoms with E-state index in [4.69, 9.17) is 15.9 Å². The molecule has 6 heteroatoms. The van der Waals surface area contributed by atoms with Crippen molar-refractivity contribution >= 4 is 17.4 Å². The Kier molecular flexibility index (Phi) is 5.47. The van der Waals surface area contributed by atoms with Crippen molar-refractivity contribution in [2.24, 2.45) is 5.73 Å². The second-order valence-corrected chi connectivity index (χ2v) is 6.03. The molecule has 3 aromatic rings. The number of aromatic nitrogens is 1. The second-order valence-electron chi connectivity index (χ2n) is 6.03. The van der Waals surface area contributed by atoms with Crippen LogP contribution in [0.5, 0.6) is 5.75 Å². The highest BCUT2D eigenvalue weighted by molar-refractivity contribution is 6.05.